The van der Waals surface area contributed by atoms with Crippen LogP contribution in [0.5, 0.6) is 0 Å². The fraction of sp³-hybridized carbons (Fsp3) is 0.278. The fourth-order valence-corrected chi connectivity index (χ4v) is 3.47. The average molecular weight is 345 g/mol. The summed E-state index contributed by atoms with van der Waals surface area (Å²) >= 11 is 1.09. The largest absolute Gasteiger partial charge is 0.462 e. The molecule has 0 aliphatic heterocycles. The summed E-state index contributed by atoms with van der Waals surface area (Å²) in [5.41, 5.74) is 2.12. The lowest BCUT2D eigenvalue weighted by atomic mass is 10.1. The minimum Gasteiger partial charge on any atom is -0.462 e. The minimum atomic E-state index is -0.543. The van der Waals surface area contributed by atoms with Gasteiger partial charge in [-0.2, -0.15) is 0 Å². The van der Waals surface area contributed by atoms with Crippen LogP contribution >= 0.6 is 11.3 Å². The van der Waals surface area contributed by atoms with Gasteiger partial charge in [-0.15, -0.1) is 11.3 Å². The van der Waals surface area contributed by atoms with Crippen LogP contribution in [0.1, 0.15) is 55.4 Å². The van der Waals surface area contributed by atoms with Crippen molar-refractivity contribution in [3.8, 4) is 0 Å². The second-order valence-electron chi connectivity index (χ2n) is 5.31. The van der Waals surface area contributed by atoms with Crippen LogP contribution in [-0.4, -0.2) is 24.3 Å². The van der Waals surface area contributed by atoms with Crippen LogP contribution in [0.4, 0.5) is 5.00 Å². The van der Waals surface area contributed by atoms with Crippen molar-refractivity contribution in [3.63, 3.8) is 0 Å². The van der Waals surface area contributed by atoms with E-state index in [1.165, 1.54) is 6.92 Å². The lowest BCUT2D eigenvalue weighted by Crippen LogP contribution is -2.15. The topological polar surface area (TPSA) is 72.5 Å². The van der Waals surface area contributed by atoms with Gasteiger partial charge in [-0.1, -0.05) is 18.2 Å². The Morgan fingerprint density at radius 3 is 2.42 bits per heavy atom. The number of carbonyl (C=O) groups is 3. The van der Waals surface area contributed by atoms with E-state index in [2.05, 4.69) is 5.32 Å². The van der Waals surface area contributed by atoms with Gasteiger partial charge < -0.3 is 10.1 Å². The molecule has 0 saturated carbocycles. The number of hydrogen-bond acceptors (Lipinski definition) is 5. The smallest absolute Gasteiger partial charge is 0.341 e. The number of amides is 1. The van der Waals surface area contributed by atoms with E-state index in [0.717, 1.165) is 16.9 Å². The van der Waals surface area contributed by atoms with E-state index in [0.29, 0.717) is 21.0 Å². The lowest BCUT2D eigenvalue weighted by Gasteiger charge is -2.08. The van der Waals surface area contributed by atoms with E-state index < -0.39 is 5.97 Å². The first-order chi connectivity index (χ1) is 11.4. The number of hydrogen-bond donors (Lipinski definition) is 1. The molecule has 0 spiro atoms. The molecule has 1 N–H and O–H groups in total. The zero-order valence-electron chi connectivity index (χ0n) is 14.1. The lowest BCUT2D eigenvalue weighted by molar-refractivity contribution is 0.0527. The van der Waals surface area contributed by atoms with Gasteiger partial charge in [0.1, 0.15) is 5.00 Å². The molecule has 0 fully saturated rings. The molecule has 1 heterocycles. The van der Waals surface area contributed by atoms with Gasteiger partial charge in [0.05, 0.1) is 17.0 Å². The summed E-state index contributed by atoms with van der Waals surface area (Å²) in [6.07, 6.45) is 0. The number of ketones is 1. The van der Waals surface area contributed by atoms with Crippen molar-refractivity contribution >= 4 is 34.0 Å². The van der Waals surface area contributed by atoms with Gasteiger partial charge in [-0.3, -0.25) is 9.59 Å². The van der Waals surface area contributed by atoms with E-state index in [1.54, 1.807) is 26.0 Å². The molecule has 5 nitrogen and oxygen atoms in total. The maximum Gasteiger partial charge on any atom is 0.341 e. The highest BCUT2D eigenvalue weighted by Gasteiger charge is 2.25. The predicted molar refractivity (Wildman–Crippen MR) is 94.1 cm³/mol. The van der Waals surface area contributed by atoms with Crippen molar-refractivity contribution in [3.05, 3.63) is 51.4 Å². The summed E-state index contributed by atoms with van der Waals surface area (Å²) in [4.78, 5) is 37.0. The van der Waals surface area contributed by atoms with Gasteiger partial charge in [0.25, 0.3) is 5.91 Å². The molecule has 2 rings (SSSR count). The minimum absolute atomic E-state index is 0.153. The molecule has 0 atom stereocenters. The van der Waals surface area contributed by atoms with Crippen LogP contribution < -0.4 is 5.32 Å². The van der Waals surface area contributed by atoms with E-state index in [-0.39, 0.29) is 23.9 Å². The number of Topliss-reactive ketones (excluding diaryl/α,β-unsaturated/α-hetero) is 1. The second kappa shape index (κ2) is 7.40. The van der Waals surface area contributed by atoms with Gasteiger partial charge in [-0.05, 0) is 44.9 Å². The zero-order chi connectivity index (χ0) is 17.9. The Labute approximate surface area is 144 Å². The Kier molecular flexibility index (Phi) is 5.51. The third kappa shape index (κ3) is 3.54. The summed E-state index contributed by atoms with van der Waals surface area (Å²) in [6, 6.07) is 7.16. The summed E-state index contributed by atoms with van der Waals surface area (Å²) in [7, 11) is 0. The molecule has 0 bridgehead atoms. The normalized spacial score (nSPS) is 10.3. The van der Waals surface area contributed by atoms with Crippen LogP contribution in [0, 0.1) is 13.8 Å². The highest BCUT2D eigenvalue weighted by Crippen LogP contribution is 2.34. The van der Waals surface area contributed by atoms with Gasteiger partial charge in [0, 0.05) is 5.56 Å². The number of rotatable bonds is 5. The van der Waals surface area contributed by atoms with Crippen molar-refractivity contribution in [1.29, 1.82) is 0 Å². The summed E-state index contributed by atoms with van der Waals surface area (Å²) < 4.78 is 5.06. The van der Waals surface area contributed by atoms with Crippen molar-refractivity contribution in [1.82, 2.24) is 0 Å². The summed E-state index contributed by atoms with van der Waals surface area (Å²) in [5.74, 6) is -1.02. The molecule has 0 saturated heterocycles. The Morgan fingerprint density at radius 2 is 1.83 bits per heavy atom. The van der Waals surface area contributed by atoms with Crippen molar-refractivity contribution < 1.29 is 19.1 Å². The number of ether oxygens (including phenoxy) is 1. The maximum absolute atomic E-state index is 12.5. The van der Waals surface area contributed by atoms with Gasteiger partial charge in [0.15, 0.2) is 5.78 Å². The highest BCUT2D eigenvalue weighted by molar-refractivity contribution is 7.18. The Balaban J connectivity index is 2.44. The first-order valence-corrected chi connectivity index (χ1v) is 8.36. The highest BCUT2D eigenvalue weighted by atomic mass is 32.1. The first kappa shape index (κ1) is 17.9. The number of esters is 1. The molecule has 0 aliphatic carbocycles. The maximum atomic E-state index is 12.5. The molecule has 1 aromatic carbocycles. The molecule has 0 unspecified atom stereocenters. The van der Waals surface area contributed by atoms with E-state index >= 15 is 0 Å². The Hall–Kier alpha value is -2.47. The first-order valence-electron chi connectivity index (χ1n) is 7.55. The molecule has 1 aromatic heterocycles. The number of carbonyl (C=O) groups excluding carboxylic acids is 3. The molecule has 126 valence electrons. The number of aryl methyl sites for hydroxylation is 1. The fourth-order valence-electron chi connectivity index (χ4n) is 2.38. The zero-order valence-corrected chi connectivity index (χ0v) is 14.9. The van der Waals surface area contributed by atoms with Gasteiger partial charge in [-0.25, -0.2) is 4.79 Å². The Bertz CT molecular complexity index is 807. The van der Waals surface area contributed by atoms with Crippen LogP contribution in [0.25, 0.3) is 0 Å². The van der Waals surface area contributed by atoms with Crippen LogP contribution in [0.3, 0.4) is 0 Å². The van der Waals surface area contributed by atoms with Crippen LogP contribution in [-0.2, 0) is 4.74 Å². The quantitative estimate of drug-likeness (QED) is 0.657. The van der Waals surface area contributed by atoms with E-state index in [4.69, 9.17) is 4.74 Å². The molecule has 6 heteroatoms. The second-order valence-corrected chi connectivity index (χ2v) is 6.33. The monoisotopic (exact) mass is 345 g/mol. The third-order valence-corrected chi connectivity index (χ3v) is 4.87. The number of anilines is 1. The molecule has 0 radical (unpaired) electrons. The van der Waals surface area contributed by atoms with Gasteiger partial charge in [0.2, 0.25) is 0 Å². The number of thiophene rings is 1. The van der Waals surface area contributed by atoms with E-state index in [9.17, 15) is 14.4 Å². The average Bonchev–Trinajstić information content (AvgIpc) is 2.84. The van der Waals surface area contributed by atoms with Gasteiger partial charge >= 0.3 is 5.97 Å². The third-order valence-electron chi connectivity index (χ3n) is 3.56. The van der Waals surface area contributed by atoms with Crippen LogP contribution in [0.15, 0.2) is 24.3 Å². The van der Waals surface area contributed by atoms with Crippen molar-refractivity contribution in [2.24, 2.45) is 0 Å². The molecule has 1 amide bonds. The predicted octanol–water partition coefficient (Wildman–Crippen LogP) is 4.00. The SMILES string of the molecule is CCOC(=O)c1c(NC(=O)c2ccccc2C)sc(C(C)=O)c1C. The van der Waals surface area contributed by atoms with E-state index in [1.807, 2.05) is 19.1 Å². The summed E-state index contributed by atoms with van der Waals surface area (Å²) in [6.45, 7) is 6.87. The van der Waals surface area contributed by atoms with Crippen LogP contribution in [0.2, 0.25) is 0 Å². The van der Waals surface area contributed by atoms with Crippen molar-refractivity contribution in [2.75, 3.05) is 11.9 Å². The molecular weight excluding hydrogens is 326 g/mol. The number of benzene rings is 1. The summed E-state index contributed by atoms with van der Waals surface area (Å²) in [5, 5.41) is 3.09. The Morgan fingerprint density at radius 1 is 1.17 bits per heavy atom. The van der Waals surface area contributed by atoms with Crippen molar-refractivity contribution in [2.45, 2.75) is 27.7 Å². The molecular formula is C18H19NO4S. The molecule has 0 aliphatic rings. The molecule has 2 aromatic rings. The standard InChI is InChI=1S/C18H19NO4S/c1-5-23-18(22)14-11(3)15(12(4)20)24-17(14)19-16(21)13-9-7-6-8-10(13)2/h6-9H,5H2,1-4H3,(H,19,21). The molecule has 24 heavy (non-hydrogen) atoms. The number of nitrogens with one attached hydrogen (secondary N) is 1.